The number of unbranched alkanes of at least 4 members (excludes halogenated alkanes) is 3. The number of nitrogens with one attached hydrogen (secondary N) is 2. The summed E-state index contributed by atoms with van der Waals surface area (Å²) in [6.07, 6.45) is 5.72. The molecule has 0 aliphatic rings. The van der Waals surface area contributed by atoms with Crippen molar-refractivity contribution in [3.63, 3.8) is 0 Å². The van der Waals surface area contributed by atoms with E-state index in [2.05, 4.69) is 10.6 Å². The van der Waals surface area contributed by atoms with E-state index >= 15 is 0 Å². The zero-order valence-electron chi connectivity index (χ0n) is 10.4. The van der Waals surface area contributed by atoms with Crippen molar-refractivity contribution in [1.82, 2.24) is 10.6 Å². The van der Waals surface area contributed by atoms with Gasteiger partial charge in [-0.25, -0.2) is 0 Å². The Bertz CT molecular complexity index is 160. The molecule has 0 aromatic rings. The first-order chi connectivity index (χ1) is 7.22. The predicted molar refractivity (Wildman–Crippen MR) is 64.9 cm³/mol. The van der Waals surface area contributed by atoms with Crippen molar-refractivity contribution in [2.24, 2.45) is 5.92 Å². The Morgan fingerprint density at radius 2 is 1.73 bits per heavy atom. The van der Waals surface area contributed by atoms with Crippen molar-refractivity contribution in [1.29, 1.82) is 0 Å². The number of hydrogen-bond acceptors (Lipinski definition) is 2. The first-order valence-corrected chi connectivity index (χ1v) is 6.14. The number of amides is 1. The smallest absolute Gasteiger partial charge is 0.222 e. The van der Waals surface area contributed by atoms with E-state index < -0.39 is 0 Å². The molecule has 0 fully saturated rings. The highest BCUT2D eigenvalue weighted by atomic mass is 16.1. The van der Waals surface area contributed by atoms with Gasteiger partial charge in [-0.2, -0.15) is 0 Å². The van der Waals surface area contributed by atoms with Gasteiger partial charge in [0, 0.05) is 12.5 Å². The molecule has 3 heteroatoms. The number of rotatable bonds is 9. The standard InChI is InChI=1S/C12H26N2O/c1-4-11(2)12(15)14-10-8-6-5-7-9-13-3/h11,13H,4-10H2,1-3H3,(H,14,15). The van der Waals surface area contributed by atoms with Crippen LogP contribution in [0.2, 0.25) is 0 Å². The van der Waals surface area contributed by atoms with Crippen LogP contribution in [0.25, 0.3) is 0 Å². The highest BCUT2D eigenvalue weighted by Crippen LogP contribution is 2.01. The second-order valence-electron chi connectivity index (χ2n) is 4.12. The summed E-state index contributed by atoms with van der Waals surface area (Å²) in [5.74, 6) is 0.363. The molecule has 0 aliphatic heterocycles. The number of carbonyl (C=O) groups excluding carboxylic acids is 1. The minimum Gasteiger partial charge on any atom is -0.356 e. The summed E-state index contributed by atoms with van der Waals surface area (Å²) in [5, 5.41) is 6.10. The summed E-state index contributed by atoms with van der Waals surface area (Å²) in [6.45, 7) is 5.95. The van der Waals surface area contributed by atoms with Crippen LogP contribution in [0.3, 0.4) is 0 Å². The van der Waals surface area contributed by atoms with Crippen molar-refractivity contribution in [3.8, 4) is 0 Å². The lowest BCUT2D eigenvalue weighted by atomic mass is 10.1. The van der Waals surface area contributed by atoms with Gasteiger partial charge in [0.15, 0.2) is 0 Å². The van der Waals surface area contributed by atoms with Gasteiger partial charge in [0.05, 0.1) is 0 Å². The lowest BCUT2D eigenvalue weighted by Crippen LogP contribution is -2.29. The molecule has 0 aromatic heterocycles. The Morgan fingerprint density at radius 1 is 1.13 bits per heavy atom. The highest BCUT2D eigenvalue weighted by molar-refractivity contribution is 5.78. The number of carbonyl (C=O) groups is 1. The molecule has 90 valence electrons. The molecule has 0 heterocycles. The predicted octanol–water partition coefficient (Wildman–Crippen LogP) is 1.93. The molecule has 0 saturated heterocycles. The Balaban J connectivity index is 3.20. The topological polar surface area (TPSA) is 41.1 Å². The first kappa shape index (κ1) is 14.4. The molecular weight excluding hydrogens is 188 g/mol. The van der Waals surface area contributed by atoms with Gasteiger partial charge in [0.1, 0.15) is 0 Å². The normalized spacial score (nSPS) is 12.5. The Hall–Kier alpha value is -0.570. The summed E-state index contributed by atoms with van der Waals surface area (Å²) < 4.78 is 0. The second kappa shape index (κ2) is 9.97. The van der Waals surface area contributed by atoms with Crippen molar-refractivity contribution < 1.29 is 4.79 Å². The molecule has 0 spiro atoms. The molecular formula is C12H26N2O. The van der Waals surface area contributed by atoms with Gasteiger partial charge in [0.25, 0.3) is 0 Å². The molecule has 2 N–H and O–H groups in total. The molecule has 0 saturated carbocycles. The van der Waals surface area contributed by atoms with E-state index in [0.29, 0.717) is 0 Å². The van der Waals surface area contributed by atoms with E-state index in [1.807, 2.05) is 20.9 Å². The van der Waals surface area contributed by atoms with E-state index in [4.69, 9.17) is 0 Å². The molecule has 1 unspecified atom stereocenters. The Kier molecular flexibility index (Phi) is 9.59. The first-order valence-electron chi connectivity index (χ1n) is 6.14. The van der Waals surface area contributed by atoms with Crippen molar-refractivity contribution >= 4 is 5.91 Å². The van der Waals surface area contributed by atoms with Crippen LogP contribution in [-0.4, -0.2) is 26.0 Å². The van der Waals surface area contributed by atoms with Crippen LogP contribution in [0.1, 0.15) is 46.0 Å². The van der Waals surface area contributed by atoms with E-state index in [1.54, 1.807) is 0 Å². The van der Waals surface area contributed by atoms with Gasteiger partial charge < -0.3 is 10.6 Å². The molecule has 0 aromatic carbocycles. The third-order valence-corrected chi connectivity index (χ3v) is 2.71. The Labute approximate surface area is 94.0 Å². The van der Waals surface area contributed by atoms with Crippen LogP contribution in [0.5, 0.6) is 0 Å². The molecule has 0 rings (SSSR count). The average molecular weight is 214 g/mol. The van der Waals surface area contributed by atoms with Crippen molar-refractivity contribution in [2.75, 3.05) is 20.1 Å². The Morgan fingerprint density at radius 3 is 2.27 bits per heavy atom. The maximum atomic E-state index is 11.4. The SMILES string of the molecule is CCC(C)C(=O)NCCCCCCNC. The zero-order chi connectivity index (χ0) is 11.5. The number of hydrogen-bond donors (Lipinski definition) is 2. The molecule has 15 heavy (non-hydrogen) atoms. The third-order valence-electron chi connectivity index (χ3n) is 2.71. The van der Waals surface area contributed by atoms with Crippen LogP contribution in [0, 0.1) is 5.92 Å². The third kappa shape index (κ3) is 8.43. The lowest BCUT2D eigenvalue weighted by Gasteiger charge is -2.09. The van der Waals surface area contributed by atoms with Gasteiger partial charge in [-0.05, 0) is 32.9 Å². The summed E-state index contributed by atoms with van der Waals surface area (Å²) >= 11 is 0. The largest absolute Gasteiger partial charge is 0.356 e. The average Bonchev–Trinajstić information content (AvgIpc) is 2.26. The molecule has 0 aliphatic carbocycles. The van der Waals surface area contributed by atoms with Crippen LogP contribution >= 0.6 is 0 Å². The van der Waals surface area contributed by atoms with Gasteiger partial charge in [-0.15, -0.1) is 0 Å². The fourth-order valence-electron chi connectivity index (χ4n) is 1.35. The monoisotopic (exact) mass is 214 g/mol. The second-order valence-corrected chi connectivity index (χ2v) is 4.12. The van der Waals surface area contributed by atoms with Crippen molar-refractivity contribution in [3.05, 3.63) is 0 Å². The van der Waals surface area contributed by atoms with E-state index in [0.717, 1.165) is 25.9 Å². The maximum absolute atomic E-state index is 11.4. The summed E-state index contributed by atoms with van der Waals surface area (Å²) in [7, 11) is 1.98. The lowest BCUT2D eigenvalue weighted by molar-refractivity contribution is -0.124. The molecule has 1 atom stereocenters. The van der Waals surface area contributed by atoms with Crippen LogP contribution in [0.4, 0.5) is 0 Å². The van der Waals surface area contributed by atoms with Crippen LogP contribution in [0.15, 0.2) is 0 Å². The minimum absolute atomic E-state index is 0.161. The van der Waals surface area contributed by atoms with Crippen molar-refractivity contribution in [2.45, 2.75) is 46.0 Å². The van der Waals surface area contributed by atoms with E-state index in [1.165, 1.54) is 19.3 Å². The summed E-state index contributed by atoms with van der Waals surface area (Å²) in [4.78, 5) is 11.4. The van der Waals surface area contributed by atoms with Crippen LogP contribution < -0.4 is 10.6 Å². The van der Waals surface area contributed by atoms with Gasteiger partial charge in [-0.3, -0.25) is 4.79 Å². The fraction of sp³-hybridized carbons (Fsp3) is 0.917. The maximum Gasteiger partial charge on any atom is 0.222 e. The fourth-order valence-corrected chi connectivity index (χ4v) is 1.35. The summed E-state index contributed by atoms with van der Waals surface area (Å²) in [6, 6.07) is 0. The van der Waals surface area contributed by atoms with E-state index in [9.17, 15) is 4.79 Å². The molecule has 1 amide bonds. The van der Waals surface area contributed by atoms with Crippen LogP contribution in [-0.2, 0) is 4.79 Å². The van der Waals surface area contributed by atoms with Gasteiger partial charge in [0.2, 0.25) is 5.91 Å². The van der Waals surface area contributed by atoms with Gasteiger partial charge >= 0.3 is 0 Å². The summed E-state index contributed by atoms with van der Waals surface area (Å²) in [5.41, 5.74) is 0. The molecule has 0 radical (unpaired) electrons. The molecule has 3 nitrogen and oxygen atoms in total. The van der Waals surface area contributed by atoms with E-state index in [-0.39, 0.29) is 11.8 Å². The minimum atomic E-state index is 0.161. The zero-order valence-corrected chi connectivity index (χ0v) is 10.4. The quantitative estimate of drug-likeness (QED) is 0.576. The molecule has 0 bridgehead atoms. The van der Waals surface area contributed by atoms with Gasteiger partial charge in [-0.1, -0.05) is 26.7 Å². The highest BCUT2D eigenvalue weighted by Gasteiger charge is 2.08.